The van der Waals surface area contributed by atoms with Gasteiger partial charge in [-0.15, -0.1) is 10.2 Å². The molecule has 1 aromatic heterocycles. The highest BCUT2D eigenvalue weighted by Gasteiger charge is 2.26. The molecule has 2 heterocycles. The van der Waals surface area contributed by atoms with Crippen LogP contribution in [0, 0.1) is 19.8 Å². The maximum atomic E-state index is 12.7. The zero-order chi connectivity index (χ0) is 21.8. The van der Waals surface area contributed by atoms with Crippen LogP contribution < -0.4 is 15.0 Å². The fourth-order valence-electron chi connectivity index (χ4n) is 4.05. The number of piperidine rings is 1. The van der Waals surface area contributed by atoms with Crippen LogP contribution >= 0.6 is 0 Å². The highest BCUT2D eigenvalue weighted by Crippen LogP contribution is 2.29. The summed E-state index contributed by atoms with van der Waals surface area (Å²) in [6.45, 7) is 5.65. The smallest absolute Gasteiger partial charge is 0.227 e. The first-order valence-corrected chi connectivity index (χ1v) is 10.7. The number of aryl methyl sites for hydroxylation is 2. The number of hydrogen-bond acceptors (Lipinski definition) is 5. The molecule has 0 bridgehead atoms. The van der Waals surface area contributed by atoms with E-state index < -0.39 is 0 Å². The van der Waals surface area contributed by atoms with Gasteiger partial charge in [0, 0.05) is 30.3 Å². The minimum atomic E-state index is 0.0118. The number of hydrogen-bond donors (Lipinski definition) is 1. The summed E-state index contributed by atoms with van der Waals surface area (Å²) >= 11 is 0. The summed E-state index contributed by atoms with van der Waals surface area (Å²) in [6, 6.07) is 17.8. The lowest BCUT2D eigenvalue weighted by Gasteiger charge is -2.32. The summed E-state index contributed by atoms with van der Waals surface area (Å²) in [4.78, 5) is 14.9. The molecule has 2 aromatic carbocycles. The summed E-state index contributed by atoms with van der Waals surface area (Å²) in [7, 11) is 1.65. The van der Waals surface area contributed by atoms with Gasteiger partial charge in [-0.05, 0) is 62.6 Å². The van der Waals surface area contributed by atoms with Crippen LogP contribution in [0.15, 0.2) is 54.6 Å². The van der Waals surface area contributed by atoms with E-state index in [9.17, 15) is 4.79 Å². The van der Waals surface area contributed by atoms with Gasteiger partial charge in [0.2, 0.25) is 5.91 Å². The highest BCUT2D eigenvalue weighted by atomic mass is 16.5. The molecule has 6 nitrogen and oxygen atoms in total. The Bertz CT molecular complexity index is 1060. The Balaban J connectivity index is 1.37. The molecule has 1 aliphatic heterocycles. The third-order valence-electron chi connectivity index (χ3n) is 5.86. The maximum absolute atomic E-state index is 12.7. The Kier molecular flexibility index (Phi) is 6.16. The number of benzene rings is 2. The number of anilines is 2. The van der Waals surface area contributed by atoms with Crippen LogP contribution in [0.5, 0.6) is 5.75 Å². The predicted molar refractivity (Wildman–Crippen MR) is 124 cm³/mol. The Hall–Kier alpha value is -3.41. The number of carbonyl (C=O) groups excluding carboxylic acids is 1. The van der Waals surface area contributed by atoms with Gasteiger partial charge in [-0.3, -0.25) is 4.79 Å². The van der Waals surface area contributed by atoms with E-state index in [1.165, 1.54) is 5.56 Å². The molecule has 31 heavy (non-hydrogen) atoms. The van der Waals surface area contributed by atoms with Crippen LogP contribution in [0.1, 0.15) is 24.0 Å². The first-order chi connectivity index (χ1) is 15.0. The quantitative estimate of drug-likeness (QED) is 0.657. The molecule has 0 radical (unpaired) electrons. The zero-order valence-corrected chi connectivity index (χ0v) is 18.3. The molecule has 0 saturated carbocycles. The molecule has 0 unspecified atom stereocenters. The van der Waals surface area contributed by atoms with Crippen LogP contribution in [0.3, 0.4) is 0 Å². The molecule has 1 aliphatic rings. The standard InChI is InChI=1S/C25H28N4O2/c1-17-8-9-21(18(2)16-17)26-25(30)19-12-14-29(15-13-19)24-11-10-22(27-28-24)20-6-4-5-7-23(20)31-3/h4-11,16,19H,12-15H2,1-3H3,(H,26,30). The topological polar surface area (TPSA) is 67.3 Å². The molecule has 1 amide bonds. The molecule has 6 heteroatoms. The molecule has 0 atom stereocenters. The van der Waals surface area contributed by atoms with Crippen molar-refractivity contribution in [2.45, 2.75) is 26.7 Å². The lowest BCUT2D eigenvalue weighted by molar-refractivity contribution is -0.120. The number of rotatable bonds is 5. The van der Waals surface area contributed by atoms with Gasteiger partial charge in [-0.2, -0.15) is 0 Å². The minimum absolute atomic E-state index is 0.0118. The average Bonchev–Trinajstić information content (AvgIpc) is 2.81. The van der Waals surface area contributed by atoms with Crippen molar-refractivity contribution >= 4 is 17.4 Å². The van der Waals surface area contributed by atoms with Gasteiger partial charge in [0.1, 0.15) is 5.75 Å². The number of nitrogens with zero attached hydrogens (tertiary/aromatic N) is 3. The van der Waals surface area contributed by atoms with E-state index in [2.05, 4.69) is 33.4 Å². The molecule has 1 saturated heterocycles. The number of nitrogens with one attached hydrogen (secondary N) is 1. The van der Waals surface area contributed by atoms with Crippen molar-refractivity contribution in [3.8, 4) is 17.0 Å². The largest absolute Gasteiger partial charge is 0.496 e. The minimum Gasteiger partial charge on any atom is -0.496 e. The van der Waals surface area contributed by atoms with E-state index in [0.717, 1.165) is 60.0 Å². The van der Waals surface area contributed by atoms with Gasteiger partial charge in [-0.25, -0.2) is 0 Å². The van der Waals surface area contributed by atoms with Gasteiger partial charge >= 0.3 is 0 Å². The van der Waals surface area contributed by atoms with Gasteiger partial charge < -0.3 is 15.0 Å². The van der Waals surface area contributed by atoms with Crippen LogP contribution in [0.25, 0.3) is 11.3 Å². The molecule has 1 fully saturated rings. The molecule has 3 aromatic rings. The summed E-state index contributed by atoms with van der Waals surface area (Å²) in [5, 5.41) is 11.9. The summed E-state index contributed by atoms with van der Waals surface area (Å²) < 4.78 is 5.42. The van der Waals surface area contributed by atoms with E-state index in [0.29, 0.717) is 0 Å². The molecular weight excluding hydrogens is 388 g/mol. The Morgan fingerprint density at radius 1 is 1.03 bits per heavy atom. The van der Waals surface area contributed by atoms with E-state index in [4.69, 9.17) is 4.74 Å². The maximum Gasteiger partial charge on any atom is 0.227 e. The second-order valence-electron chi connectivity index (χ2n) is 8.05. The normalized spacial score (nSPS) is 14.4. The molecule has 1 N–H and O–H groups in total. The van der Waals surface area contributed by atoms with Crippen LogP contribution in [-0.2, 0) is 4.79 Å². The molecule has 0 aliphatic carbocycles. The summed E-state index contributed by atoms with van der Waals surface area (Å²) in [6.07, 6.45) is 1.60. The van der Waals surface area contributed by atoms with Crippen LogP contribution in [0.2, 0.25) is 0 Å². The third kappa shape index (κ3) is 4.68. The van der Waals surface area contributed by atoms with Crippen molar-refractivity contribution < 1.29 is 9.53 Å². The van der Waals surface area contributed by atoms with Crippen LogP contribution in [-0.4, -0.2) is 36.3 Å². The first kappa shape index (κ1) is 20.8. The summed E-state index contributed by atoms with van der Waals surface area (Å²) in [5.41, 5.74) is 4.89. The summed E-state index contributed by atoms with van der Waals surface area (Å²) in [5.74, 6) is 1.73. The van der Waals surface area contributed by atoms with Gasteiger partial charge in [-0.1, -0.05) is 29.8 Å². The number of ether oxygens (including phenoxy) is 1. The number of aromatic nitrogens is 2. The first-order valence-electron chi connectivity index (χ1n) is 10.7. The molecule has 0 spiro atoms. The van der Waals surface area contributed by atoms with E-state index in [-0.39, 0.29) is 11.8 Å². The van der Waals surface area contributed by atoms with Crippen LogP contribution in [0.4, 0.5) is 11.5 Å². The van der Waals surface area contributed by atoms with E-state index >= 15 is 0 Å². The van der Waals surface area contributed by atoms with Crippen molar-refractivity contribution in [2.75, 3.05) is 30.4 Å². The van der Waals surface area contributed by atoms with Crippen molar-refractivity contribution in [3.05, 3.63) is 65.7 Å². The highest BCUT2D eigenvalue weighted by molar-refractivity contribution is 5.93. The van der Waals surface area contributed by atoms with Gasteiger partial charge in [0.25, 0.3) is 0 Å². The van der Waals surface area contributed by atoms with Crippen molar-refractivity contribution in [1.82, 2.24) is 10.2 Å². The fraction of sp³-hybridized carbons (Fsp3) is 0.320. The second-order valence-corrected chi connectivity index (χ2v) is 8.05. The third-order valence-corrected chi connectivity index (χ3v) is 5.86. The average molecular weight is 417 g/mol. The predicted octanol–water partition coefficient (Wildman–Crippen LogP) is 4.62. The monoisotopic (exact) mass is 416 g/mol. The lowest BCUT2D eigenvalue weighted by Crippen LogP contribution is -2.38. The number of carbonyl (C=O) groups is 1. The van der Waals surface area contributed by atoms with Crippen molar-refractivity contribution in [1.29, 1.82) is 0 Å². The Morgan fingerprint density at radius 2 is 1.81 bits per heavy atom. The number of amides is 1. The zero-order valence-electron chi connectivity index (χ0n) is 18.3. The second kappa shape index (κ2) is 9.16. The van der Waals surface area contributed by atoms with E-state index in [1.54, 1.807) is 7.11 Å². The van der Waals surface area contributed by atoms with Crippen molar-refractivity contribution in [3.63, 3.8) is 0 Å². The fourth-order valence-corrected chi connectivity index (χ4v) is 4.05. The van der Waals surface area contributed by atoms with E-state index in [1.807, 2.05) is 55.5 Å². The molecule has 160 valence electrons. The molecule has 4 rings (SSSR count). The van der Waals surface area contributed by atoms with Gasteiger partial charge in [0.15, 0.2) is 5.82 Å². The Labute approximate surface area is 183 Å². The number of para-hydroxylation sites is 1. The number of methoxy groups -OCH3 is 1. The van der Waals surface area contributed by atoms with Crippen molar-refractivity contribution in [2.24, 2.45) is 5.92 Å². The van der Waals surface area contributed by atoms with Gasteiger partial charge in [0.05, 0.1) is 12.8 Å². The Morgan fingerprint density at radius 3 is 2.48 bits per heavy atom. The molecular formula is C25H28N4O2. The SMILES string of the molecule is COc1ccccc1-c1ccc(N2CCC(C(=O)Nc3ccc(C)cc3C)CC2)nn1. The lowest BCUT2D eigenvalue weighted by atomic mass is 9.95.